The maximum atomic E-state index is 16.0. The summed E-state index contributed by atoms with van der Waals surface area (Å²) in [7, 11) is 2.76. The molecular formula is C105H198N20O13S2. The van der Waals surface area contributed by atoms with Gasteiger partial charge in [0.2, 0.25) is 59.1 Å². The van der Waals surface area contributed by atoms with Gasteiger partial charge in [-0.25, -0.2) is 4.98 Å². The molecule has 28 N–H and O–H groups in total. The molecule has 1 rings (SSSR count). The lowest BCUT2D eigenvalue weighted by atomic mass is 9.79. The minimum Gasteiger partial charge on any atom is -0.356 e. The van der Waals surface area contributed by atoms with E-state index < -0.39 is 52.2 Å². The third-order valence-corrected chi connectivity index (χ3v) is 28.9. The smallest absolute Gasteiger partial charge is 0.221 e. The molecule has 0 aromatic carbocycles. The number of hydrogen-bond donors (Lipinski definition) is 19. The molecule has 0 aliphatic carbocycles. The van der Waals surface area contributed by atoms with Crippen LogP contribution in [-0.2, 0) is 62.3 Å². The van der Waals surface area contributed by atoms with Crippen LogP contribution in [0.5, 0.6) is 0 Å². The summed E-state index contributed by atoms with van der Waals surface area (Å²) in [6, 6.07) is 5.51. The highest BCUT2D eigenvalue weighted by Gasteiger charge is 2.41. The van der Waals surface area contributed by atoms with Crippen molar-refractivity contribution in [2.75, 3.05) is 104 Å². The van der Waals surface area contributed by atoms with Crippen LogP contribution in [0.4, 0.5) is 0 Å². The van der Waals surface area contributed by atoms with Crippen molar-refractivity contribution in [2.24, 2.45) is 51.6 Å². The van der Waals surface area contributed by atoms with E-state index >= 15 is 19.2 Å². The second kappa shape index (κ2) is 89.8. The Kier molecular flexibility index (Phi) is 84.1. The zero-order valence-corrected chi connectivity index (χ0v) is 88.4. The Balaban J connectivity index is 4.86. The molecule has 0 aliphatic rings. The van der Waals surface area contributed by atoms with Crippen molar-refractivity contribution in [2.45, 2.75) is 457 Å². The quantitative estimate of drug-likeness (QED) is 0.0213. The first-order valence-corrected chi connectivity index (χ1v) is 57.1. The van der Waals surface area contributed by atoms with E-state index in [0.717, 1.165) is 193 Å². The number of Topliss-reactive ketones (excluding diaryl/α,β-unsaturated/α-hetero) is 3. The first kappa shape index (κ1) is 131. The van der Waals surface area contributed by atoms with Crippen LogP contribution in [0.1, 0.15) is 430 Å². The van der Waals surface area contributed by atoms with Gasteiger partial charge in [0.1, 0.15) is 22.4 Å². The number of nitrogens with two attached hydrogens (primary N) is 9. The van der Waals surface area contributed by atoms with Gasteiger partial charge < -0.3 is 105 Å². The lowest BCUT2D eigenvalue weighted by Crippen LogP contribution is -2.54. The van der Waals surface area contributed by atoms with E-state index in [2.05, 4.69) is 58.2 Å². The highest BCUT2D eigenvalue weighted by atomic mass is 33.1. The fourth-order valence-corrected chi connectivity index (χ4v) is 19.5. The summed E-state index contributed by atoms with van der Waals surface area (Å²) in [6.45, 7) is 7.34. The van der Waals surface area contributed by atoms with Crippen molar-refractivity contribution in [1.82, 2.24) is 58.2 Å². The van der Waals surface area contributed by atoms with Crippen LogP contribution >= 0.6 is 21.6 Å². The normalized spacial score (nSPS) is 12.0. The van der Waals surface area contributed by atoms with Crippen molar-refractivity contribution >= 4 is 98.0 Å². The standard InChI is InChI=1S/C105H198N20O13S2/c106-71-26-7-1-4-22-42-88(126)46-59-102(60-47-89(127)43-23-5-2-8-27-72-107,62-49-91(129)115-80-35-16-10-29-74-109)122-97(135)55-68-105(125-100(138)58-87-139-140-101-45-25-41-86-121-101,69-56-98(136)123-103(61-48-90(128)44-24-6-3-9-28-73-108,63-50-92(130)116-81-36-17-11-30-75-110)64-51-93(131)117-82-37-18-12-31-76-111)70-57-99(137)124-104(65-52-94(132)118-83-38-19-13-32-77-112,66-53-95(133)119-84-39-20-14-33-78-113)67-54-96(134)120-85-40-21-15-34-79-114/h25,41,45,86H,1-24,26-40,42-44,46-85,87,106-114H2,(H,115,129)(H,116,130)(H,117,131)(H,118,132)(H,119,133)(H,120,134)(H,122,135)(H,123,136)(H,124,137)(H,125,138). The average Bonchev–Trinajstić information content (AvgIpc) is 0.823. The van der Waals surface area contributed by atoms with E-state index in [1.807, 2.05) is 12.1 Å². The lowest BCUT2D eigenvalue weighted by Gasteiger charge is -2.39. The minimum atomic E-state index is -1.66. The van der Waals surface area contributed by atoms with Crippen molar-refractivity contribution in [1.29, 1.82) is 0 Å². The number of carbonyl (C=O) groups is 13. The maximum Gasteiger partial charge on any atom is 0.221 e. The Morgan fingerprint density at radius 3 is 0.607 bits per heavy atom. The molecular weight excluding hydrogens is 1810 g/mol. The molecule has 0 fully saturated rings. The predicted octanol–water partition coefficient (Wildman–Crippen LogP) is 12.4. The molecule has 0 saturated heterocycles. The first-order valence-electron chi connectivity index (χ1n) is 54.8. The monoisotopic (exact) mass is 2010 g/mol. The Morgan fingerprint density at radius 2 is 0.400 bits per heavy atom. The Bertz CT molecular complexity index is 2880. The number of carbonyl (C=O) groups excluding carboxylic acids is 13. The molecule has 1 unspecified atom stereocenters. The van der Waals surface area contributed by atoms with Crippen LogP contribution in [-0.4, -0.2) is 207 Å². The number of nitrogens with zero attached hydrogens (tertiary/aromatic N) is 1. The molecule has 1 aromatic heterocycles. The van der Waals surface area contributed by atoms with Crippen LogP contribution in [0.3, 0.4) is 0 Å². The van der Waals surface area contributed by atoms with Crippen LogP contribution in [0.2, 0.25) is 0 Å². The zero-order valence-electron chi connectivity index (χ0n) is 86.8. The van der Waals surface area contributed by atoms with Gasteiger partial charge in [-0.3, -0.25) is 62.3 Å². The minimum absolute atomic E-state index is 0.00354. The topological polar surface area (TPSA) is 589 Å². The summed E-state index contributed by atoms with van der Waals surface area (Å²) in [4.78, 5) is 196. The highest BCUT2D eigenvalue weighted by molar-refractivity contribution is 8.76. The molecule has 10 amide bonds. The Labute approximate surface area is 850 Å². The largest absolute Gasteiger partial charge is 0.356 e. The van der Waals surface area contributed by atoms with Gasteiger partial charge in [-0.05, 0) is 274 Å². The number of nitrogens with one attached hydrogen (secondary N) is 10. The van der Waals surface area contributed by atoms with Crippen LogP contribution in [0.25, 0.3) is 0 Å². The molecule has 140 heavy (non-hydrogen) atoms. The van der Waals surface area contributed by atoms with E-state index in [9.17, 15) is 43.2 Å². The lowest BCUT2D eigenvalue weighted by molar-refractivity contribution is -0.129. The SMILES string of the molecule is NCCCCCCCC(=O)CCC(CCC(=O)CCCCCCCN)(CCC(=O)NCCCCCCN)NC(=O)CCC(CCC(=O)NC(CCC(=O)CCCCCCCN)(CCC(=O)NCCCCCCN)CCC(=O)NCCCCCCN)(CCC(=O)NC(CCC(=O)NCCCCCCN)(CCC(=O)NCCCCCCN)CCC(=O)NCCCCCCN)NC(=O)CCSSc1ccccn1. The van der Waals surface area contributed by atoms with Crippen molar-refractivity contribution in [3.05, 3.63) is 24.4 Å². The van der Waals surface area contributed by atoms with Gasteiger partial charge in [0, 0.05) is 176 Å². The summed E-state index contributed by atoms with van der Waals surface area (Å²) >= 11 is 0. The molecule has 808 valence electrons. The number of pyridine rings is 1. The molecule has 0 aliphatic heterocycles. The summed E-state index contributed by atoms with van der Waals surface area (Å²) in [5.74, 6) is -3.83. The summed E-state index contributed by atoms with van der Waals surface area (Å²) in [5.41, 5.74) is 46.6. The van der Waals surface area contributed by atoms with Crippen LogP contribution in [0.15, 0.2) is 29.4 Å². The molecule has 1 atom stereocenters. The fraction of sp³-hybridized carbons (Fsp3) is 0.829. The predicted molar refractivity (Wildman–Crippen MR) is 570 cm³/mol. The van der Waals surface area contributed by atoms with Gasteiger partial charge in [0.25, 0.3) is 0 Å². The fourth-order valence-electron chi connectivity index (χ4n) is 17.6. The van der Waals surface area contributed by atoms with Crippen LogP contribution in [0, 0.1) is 0 Å². The van der Waals surface area contributed by atoms with E-state index in [-0.39, 0.29) is 232 Å². The van der Waals surface area contributed by atoms with Crippen molar-refractivity contribution < 1.29 is 62.3 Å². The van der Waals surface area contributed by atoms with Gasteiger partial charge in [-0.2, -0.15) is 0 Å². The Hall–Kier alpha value is -6.80. The maximum absolute atomic E-state index is 16.0. The van der Waals surface area contributed by atoms with Gasteiger partial charge in [0.15, 0.2) is 0 Å². The van der Waals surface area contributed by atoms with E-state index in [1.165, 1.54) is 21.6 Å². The molecule has 35 heteroatoms. The van der Waals surface area contributed by atoms with E-state index in [4.69, 9.17) is 51.6 Å². The number of aromatic nitrogens is 1. The average molecular weight is 2010 g/mol. The molecule has 0 radical (unpaired) electrons. The number of amides is 10. The number of unbranched alkanes of at least 4 members (excludes halogenated alkanes) is 30. The summed E-state index contributed by atoms with van der Waals surface area (Å²) in [6.07, 6.45) is 32.6. The Morgan fingerprint density at radius 1 is 0.214 bits per heavy atom. The van der Waals surface area contributed by atoms with E-state index in [0.29, 0.717) is 161 Å². The molecule has 0 bridgehead atoms. The molecule has 0 spiro atoms. The van der Waals surface area contributed by atoms with Gasteiger partial charge >= 0.3 is 0 Å². The van der Waals surface area contributed by atoms with Crippen molar-refractivity contribution in [3.8, 4) is 0 Å². The molecule has 1 heterocycles. The second-order valence-corrected chi connectivity index (χ2v) is 41.4. The molecule has 0 saturated carbocycles. The summed E-state index contributed by atoms with van der Waals surface area (Å²) in [5, 5.41) is 32.4. The van der Waals surface area contributed by atoms with Gasteiger partial charge in [0.05, 0.1) is 0 Å². The molecule has 33 nitrogen and oxygen atoms in total. The number of hydrogen-bond acceptors (Lipinski definition) is 25. The van der Waals surface area contributed by atoms with Gasteiger partial charge in [-0.15, -0.1) is 0 Å². The van der Waals surface area contributed by atoms with Gasteiger partial charge in [-0.1, -0.05) is 152 Å². The number of rotatable bonds is 102. The molecule has 1 aromatic rings. The highest BCUT2D eigenvalue weighted by Crippen LogP contribution is 2.35. The summed E-state index contributed by atoms with van der Waals surface area (Å²) < 4.78 is 0. The third kappa shape index (κ3) is 75.0. The first-order chi connectivity index (χ1) is 67.9. The number of ketones is 3. The second-order valence-electron chi connectivity index (χ2n) is 39.0. The van der Waals surface area contributed by atoms with Crippen LogP contribution < -0.4 is 105 Å². The third-order valence-electron chi connectivity index (χ3n) is 26.6. The van der Waals surface area contributed by atoms with Crippen molar-refractivity contribution in [3.63, 3.8) is 0 Å². The van der Waals surface area contributed by atoms with E-state index in [1.54, 1.807) is 12.3 Å². The zero-order chi connectivity index (χ0) is 103.